The second kappa shape index (κ2) is 4.37. The molecule has 0 atom stereocenters. The lowest BCUT2D eigenvalue weighted by molar-refractivity contribution is 0.335. The summed E-state index contributed by atoms with van der Waals surface area (Å²) in [5.41, 5.74) is 0.182. The summed E-state index contributed by atoms with van der Waals surface area (Å²) in [4.78, 5) is 39.5. The second-order valence-electron chi connectivity index (χ2n) is 4.23. The zero-order valence-electron chi connectivity index (χ0n) is 10.6. The predicted octanol–water partition coefficient (Wildman–Crippen LogP) is 0.594. The van der Waals surface area contributed by atoms with Crippen molar-refractivity contribution < 1.29 is 4.74 Å². The number of para-hydroxylation sites is 1. The summed E-state index contributed by atoms with van der Waals surface area (Å²) in [5.74, 6) is 0.0346. The van der Waals surface area contributed by atoms with Gasteiger partial charge in [0.1, 0.15) is 5.69 Å². The van der Waals surface area contributed by atoms with E-state index in [9.17, 15) is 14.4 Å². The molecule has 0 aliphatic heterocycles. The van der Waals surface area contributed by atoms with E-state index in [1.165, 1.54) is 0 Å². The van der Waals surface area contributed by atoms with E-state index in [1.54, 1.807) is 25.1 Å². The first-order valence-electron chi connectivity index (χ1n) is 6.06. The molecule has 3 rings (SSSR count). The fourth-order valence-corrected chi connectivity index (χ4v) is 2.06. The lowest BCUT2D eigenvalue weighted by atomic mass is 10.2. The molecule has 3 N–H and O–H groups in total. The topological polar surface area (TPSA) is 104 Å². The molecule has 1 heterocycles. The van der Waals surface area contributed by atoms with Crippen molar-refractivity contribution in [3.63, 3.8) is 0 Å². The quantitative estimate of drug-likeness (QED) is 0.604. The first kappa shape index (κ1) is 12.2. The van der Waals surface area contributed by atoms with Crippen molar-refractivity contribution >= 4 is 22.4 Å². The van der Waals surface area contributed by atoms with Gasteiger partial charge in [-0.1, -0.05) is 6.07 Å². The summed E-state index contributed by atoms with van der Waals surface area (Å²) < 4.78 is 5.13. The highest BCUT2D eigenvalue weighted by Crippen LogP contribution is 2.26. The van der Waals surface area contributed by atoms with Crippen LogP contribution < -0.4 is 26.6 Å². The lowest BCUT2D eigenvalue weighted by Crippen LogP contribution is -2.35. The molecule has 3 aromatic rings. The lowest BCUT2D eigenvalue weighted by Gasteiger charge is -2.13. The Morgan fingerprint density at radius 3 is 2.70 bits per heavy atom. The average Bonchev–Trinajstić information content (AvgIpc) is 2.83. The van der Waals surface area contributed by atoms with Crippen LogP contribution in [0.5, 0.6) is 5.75 Å². The van der Waals surface area contributed by atoms with Gasteiger partial charge in [0.25, 0.3) is 10.9 Å². The van der Waals surface area contributed by atoms with Crippen molar-refractivity contribution in [2.24, 2.45) is 0 Å². The van der Waals surface area contributed by atoms with E-state index >= 15 is 0 Å². The Kier molecular flexibility index (Phi) is 2.67. The van der Waals surface area contributed by atoms with E-state index in [4.69, 9.17) is 4.74 Å². The Hall–Kier alpha value is -2.83. The van der Waals surface area contributed by atoms with Crippen LogP contribution in [-0.4, -0.2) is 16.6 Å². The third-order valence-corrected chi connectivity index (χ3v) is 2.97. The smallest absolute Gasteiger partial charge is 0.323 e. The van der Waals surface area contributed by atoms with Gasteiger partial charge in [-0.3, -0.25) is 9.59 Å². The normalized spacial score (nSPS) is 11.1. The van der Waals surface area contributed by atoms with Crippen LogP contribution in [0.4, 0.5) is 11.4 Å². The van der Waals surface area contributed by atoms with Gasteiger partial charge in [-0.2, -0.15) is 0 Å². The minimum Gasteiger partial charge on any atom is -0.488 e. The largest absolute Gasteiger partial charge is 0.488 e. The molecule has 0 aliphatic carbocycles. The molecule has 0 radical (unpaired) electrons. The van der Waals surface area contributed by atoms with Gasteiger partial charge in [-0.05, 0) is 19.1 Å². The number of nitrogens with one attached hydrogen (secondary N) is 3. The second-order valence-corrected chi connectivity index (χ2v) is 4.23. The van der Waals surface area contributed by atoms with E-state index < -0.39 is 10.9 Å². The molecule has 0 spiro atoms. The van der Waals surface area contributed by atoms with Crippen LogP contribution in [-0.2, 0) is 0 Å². The molecule has 0 unspecified atom stereocenters. The summed E-state index contributed by atoms with van der Waals surface area (Å²) in [6.07, 6.45) is 0. The van der Waals surface area contributed by atoms with E-state index in [1.807, 2.05) is 0 Å². The first-order valence-corrected chi connectivity index (χ1v) is 6.06. The Labute approximate surface area is 111 Å². The number of hydrogen-bond acceptors (Lipinski definition) is 5. The molecule has 0 saturated carbocycles. The third kappa shape index (κ3) is 1.71. The minimum absolute atomic E-state index is 0.0346. The summed E-state index contributed by atoms with van der Waals surface area (Å²) in [7, 11) is 0. The number of H-pyrrole nitrogens is 2. The molecular formula is C13H11N3O4. The number of ether oxygens (including phenoxy) is 1. The van der Waals surface area contributed by atoms with Crippen LogP contribution >= 0.6 is 0 Å². The third-order valence-electron chi connectivity index (χ3n) is 2.97. The summed E-state index contributed by atoms with van der Waals surface area (Å²) in [6, 6.07) is 5.14. The van der Waals surface area contributed by atoms with Crippen LogP contribution in [0.1, 0.15) is 6.92 Å². The number of benzene rings is 1. The Morgan fingerprint density at radius 1 is 1.15 bits per heavy atom. The predicted molar refractivity (Wildman–Crippen MR) is 74.7 cm³/mol. The monoisotopic (exact) mass is 273 g/mol. The maximum absolute atomic E-state index is 11.6. The average molecular weight is 273 g/mol. The number of hydrogen-bond donors (Lipinski definition) is 3. The van der Waals surface area contributed by atoms with Crippen LogP contribution in [0, 0.1) is 0 Å². The van der Waals surface area contributed by atoms with E-state index in [2.05, 4.69) is 15.3 Å². The number of rotatable bonds is 4. The zero-order valence-corrected chi connectivity index (χ0v) is 10.6. The summed E-state index contributed by atoms with van der Waals surface area (Å²) >= 11 is 0. The first-order chi connectivity index (χ1) is 9.61. The molecule has 1 aromatic heterocycles. The summed E-state index contributed by atoms with van der Waals surface area (Å²) in [5, 5.41) is 2.84. The summed E-state index contributed by atoms with van der Waals surface area (Å²) in [6.45, 7) is 2.02. The molecule has 20 heavy (non-hydrogen) atoms. The minimum atomic E-state index is -0.635. The molecule has 0 bridgehead atoms. The fraction of sp³-hybridized carbons (Fsp3) is 0.154. The Bertz CT molecular complexity index is 912. The highest BCUT2D eigenvalue weighted by Gasteiger charge is 2.23. The van der Waals surface area contributed by atoms with Crippen LogP contribution in [0.3, 0.4) is 0 Å². The van der Waals surface area contributed by atoms with E-state index in [0.29, 0.717) is 23.3 Å². The van der Waals surface area contributed by atoms with Crippen LogP contribution in [0.2, 0.25) is 0 Å². The molecule has 0 fully saturated rings. The Balaban J connectivity index is 2.06. The van der Waals surface area contributed by atoms with Crippen molar-refractivity contribution in [1.82, 2.24) is 9.97 Å². The maximum atomic E-state index is 11.6. The van der Waals surface area contributed by atoms with Crippen LogP contribution in [0.15, 0.2) is 32.6 Å². The number of aromatic nitrogens is 2. The van der Waals surface area contributed by atoms with Gasteiger partial charge in [-0.15, -0.1) is 0 Å². The van der Waals surface area contributed by atoms with Crippen molar-refractivity contribution in [3.8, 4) is 5.75 Å². The molecule has 0 aliphatic rings. The van der Waals surface area contributed by atoms with Gasteiger partial charge < -0.3 is 20.0 Å². The van der Waals surface area contributed by atoms with E-state index in [0.717, 1.165) is 0 Å². The molecule has 0 amide bonds. The van der Waals surface area contributed by atoms with Gasteiger partial charge in [0.15, 0.2) is 5.75 Å². The molecule has 7 heteroatoms. The zero-order chi connectivity index (χ0) is 14.3. The van der Waals surface area contributed by atoms with Crippen molar-refractivity contribution in [1.29, 1.82) is 0 Å². The Morgan fingerprint density at radius 2 is 1.95 bits per heavy atom. The molecule has 0 saturated heterocycles. The van der Waals surface area contributed by atoms with Gasteiger partial charge in [0.2, 0.25) is 0 Å². The molecule has 2 aromatic carbocycles. The van der Waals surface area contributed by atoms with Gasteiger partial charge in [-0.25, -0.2) is 4.79 Å². The number of imidazole rings is 1. The molecular weight excluding hydrogens is 262 g/mol. The van der Waals surface area contributed by atoms with E-state index in [-0.39, 0.29) is 17.1 Å². The van der Waals surface area contributed by atoms with Gasteiger partial charge in [0, 0.05) is 0 Å². The maximum Gasteiger partial charge on any atom is 0.323 e. The standard InChI is InChI=1S/C13H11N3O4/c1-2-20-12-9(10(17)11(12)18)14-6-4-3-5-7-8(6)16-13(19)15-7/h3-5,14H,2H2,1H3,(H2,15,16,19). The van der Waals surface area contributed by atoms with Crippen molar-refractivity contribution in [2.75, 3.05) is 11.9 Å². The molecule has 7 nitrogen and oxygen atoms in total. The van der Waals surface area contributed by atoms with Gasteiger partial charge >= 0.3 is 5.69 Å². The molecule has 102 valence electrons. The van der Waals surface area contributed by atoms with Crippen molar-refractivity contribution in [2.45, 2.75) is 6.92 Å². The highest BCUT2D eigenvalue weighted by molar-refractivity contribution is 5.90. The number of aromatic amines is 2. The van der Waals surface area contributed by atoms with Crippen molar-refractivity contribution in [3.05, 3.63) is 49.1 Å². The van der Waals surface area contributed by atoms with Gasteiger partial charge in [0.05, 0.1) is 23.3 Å². The SMILES string of the molecule is CCOc1c(Nc2cccc3[nH]c(=O)[nH]c23)c(=O)c1=O. The fourth-order valence-electron chi connectivity index (χ4n) is 2.06. The number of anilines is 2. The number of fused-ring (bicyclic) bond motifs is 1. The highest BCUT2D eigenvalue weighted by atomic mass is 16.5. The van der Waals surface area contributed by atoms with Crippen LogP contribution in [0.25, 0.3) is 11.0 Å².